The number of para-hydroxylation sites is 1. The van der Waals surface area contributed by atoms with Crippen LogP contribution in [0.4, 0.5) is 5.82 Å². The normalized spacial score (nSPS) is 15.8. The molecule has 3 aromatic heterocycles. The third-order valence-corrected chi connectivity index (χ3v) is 5.08. The van der Waals surface area contributed by atoms with E-state index in [4.69, 9.17) is 4.98 Å². The Hall–Kier alpha value is -3.06. The van der Waals surface area contributed by atoms with Crippen molar-refractivity contribution in [2.75, 3.05) is 38.1 Å². The predicted molar refractivity (Wildman–Crippen MR) is 102 cm³/mol. The van der Waals surface area contributed by atoms with Crippen LogP contribution in [0.5, 0.6) is 0 Å². The first kappa shape index (κ1) is 15.2. The Morgan fingerprint density at radius 3 is 2.69 bits per heavy atom. The minimum Gasteiger partial charge on any atom is -0.354 e. The van der Waals surface area contributed by atoms with Gasteiger partial charge in [0.2, 0.25) is 0 Å². The zero-order chi connectivity index (χ0) is 17.5. The van der Waals surface area contributed by atoms with Crippen LogP contribution in [0.3, 0.4) is 0 Å². The van der Waals surface area contributed by atoms with E-state index >= 15 is 0 Å². The van der Waals surface area contributed by atoms with E-state index in [9.17, 15) is 0 Å². The Morgan fingerprint density at radius 2 is 1.88 bits per heavy atom. The van der Waals surface area contributed by atoms with Crippen molar-refractivity contribution >= 4 is 27.5 Å². The summed E-state index contributed by atoms with van der Waals surface area (Å²) in [6.45, 7) is 4.01. The molecule has 0 aliphatic carbocycles. The summed E-state index contributed by atoms with van der Waals surface area (Å²) in [5, 5.41) is 10.3. The molecule has 0 unspecified atom stereocenters. The molecule has 7 nitrogen and oxygen atoms in total. The molecule has 0 saturated carbocycles. The first-order valence-electron chi connectivity index (χ1n) is 8.77. The maximum absolute atomic E-state index is 5.10. The molecule has 1 saturated heterocycles. The lowest BCUT2D eigenvalue weighted by Crippen LogP contribution is -2.44. The number of hydrogen-bond acceptors (Lipinski definition) is 6. The van der Waals surface area contributed by atoms with E-state index in [1.807, 2.05) is 24.5 Å². The highest BCUT2D eigenvalue weighted by molar-refractivity contribution is 6.12. The number of aromatic amines is 1. The van der Waals surface area contributed by atoms with Crippen LogP contribution in [-0.2, 0) is 0 Å². The Balaban J connectivity index is 1.79. The molecule has 0 amide bonds. The number of aromatic nitrogens is 5. The number of nitrogens with zero attached hydrogens (tertiary/aromatic N) is 6. The lowest BCUT2D eigenvalue weighted by atomic mass is 10.0. The van der Waals surface area contributed by atoms with E-state index in [2.05, 4.69) is 49.1 Å². The fourth-order valence-corrected chi connectivity index (χ4v) is 3.64. The molecule has 1 aliphatic rings. The van der Waals surface area contributed by atoms with Crippen molar-refractivity contribution in [2.24, 2.45) is 0 Å². The topological polar surface area (TPSA) is 73.8 Å². The first-order valence-corrected chi connectivity index (χ1v) is 8.77. The van der Waals surface area contributed by atoms with Gasteiger partial charge in [0, 0.05) is 60.3 Å². The standard InChI is InChI=1S/C19H19N7/c1-25-7-9-26(10-8-25)19-14-5-6-20-11-16(14)13-3-2-4-15(17(13)23-19)18-21-12-22-24-18/h2-6,11-12H,7-10H2,1H3,(H,21,22,24). The quantitative estimate of drug-likeness (QED) is 0.562. The van der Waals surface area contributed by atoms with Crippen LogP contribution in [0.15, 0.2) is 43.0 Å². The number of rotatable bonds is 2. The molecule has 1 N–H and O–H groups in total. The number of H-pyrrole nitrogens is 1. The van der Waals surface area contributed by atoms with Gasteiger partial charge in [-0.2, -0.15) is 5.10 Å². The summed E-state index contributed by atoms with van der Waals surface area (Å²) in [4.78, 5) is 18.5. The Bertz CT molecular complexity index is 1070. The van der Waals surface area contributed by atoms with Gasteiger partial charge < -0.3 is 9.80 Å². The van der Waals surface area contributed by atoms with Crippen LogP contribution in [0.1, 0.15) is 0 Å². The van der Waals surface area contributed by atoms with Crippen molar-refractivity contribution in [1.29, 1.82) is 0 Å². The third kappa shape index (κ3) is 2.40. The largest absolute Gasteiger partial charge is 0.354 e. The van der Waals surface area contributed by atoms with Gasteiger partial charge in [-0.3, -0.25) is 10.1 Å². The van der Waals surface area contributed by atoms with E-state index in [1.54, 1.807) is 0 Å². The number of anilines is 1. The summed E-state index contributed by atoms with van der Waals surface area (Å²) in [6.07, 6.45) is 5.30. The van der Waals surface area contributed by atoms with E-state index in [1.165, 1.54) is 6.33 Å². The number of benzene rings is 1. The second kappa shape index (κ2) is 6.03. The van der Waals surface area contributed by atoms with Crippen molar-refractivity contribution in [3.05, 3.63) is 43.0 Å². The molecule has 130 valence electrons. The minimum atomic E-state index is 0.732. The Kier molecular flexibility index (Phi) is 3.53. The Morgan fingerprint density at radius 1 is 1.00 bits per heavy atom. The molecule has 1 aliphatic heterocycles. The highest BCUT2D eigenvalue weighted by atomic mass is 15.3. The maximum Gasteiger partial charge on any atom is 0.157 e. The van der Waals surface area contributed by atoms with Crippen molar-refractivity contribution in [2.45, 2.75) is 0 Å². The number of pyridine rings is 2. The lowest BCUT2D eigenvalue weighted by Gasteiger charge is -2.34. The van der Waals surface area contributed by atoms with Crippen LogP contribution in [0, 0.1) is 0 Å². The van der Waals surface area contributed by atoms with Gasteiger partial charge >= 0.3 is 0 Å². The fourth-order valence-electron chi connectivity index (χ4n) is 3.64. The lowest BCUT2D eigenvalue weighted by molar-refractivity contribution is 0.312. The average Bonchev–Trinajstić information content (AvgIpc) is 3.22. The van der Waals surface area contributed by atoms with Gasteiger partial charge in [0.05, 0.1) is 5.52 Å². The summed E-state index contributed by atoms with van der Waals surface area (Å²) < 4.78 is 0. The van der Waals surface area contributed by atoms with Crippen molar-refractivity contribution < 1.29 is 0 Å². The second-order valence-electron chi connectivity index (χ2n) is 6.68. The number of fused-ring (bicyclic) bond motifs is 3. The molecule has 0 atom stereocenters. The van der Waals surface area contributed by atoms with Crippen LogP contribution in [0.2, 0.25) is 0 Å². The Labute approximate surface area is 150 Å². The van der Waals surface area contributed by atoms with Crippen LogP contribution >= 0.6 is 0 Å². The second-order valence-corrected chi connectivity index (χ2v) is 6.68. The molecule has 7 heteroatoms. The highest BCUT2D eigenvalue weighted by Crippen LogP contribution is 2.34. The van der Waals surface area contributed by atoms with Gasteiger partial charge in [-0.05, 0) is 19.2 Å². The molecule has 0 spiro atoms. The van der Waals surface area contributed by atoms with E-state index < -0.39 is 0 Å². The molecule has 0 radical (unpaired) electrons. The maximum atomic E-state index is 5.10. The molecule has 4 heterocycles. The number of likely N-dealkylation sites (N-methyl/N-ethyl adjacent to an activating group) is 1. The van der Waals surface area contributed by atoms with Gasteiger partial charge in [-0.1, -0.05) is 12.1 Å². The van der Waals surface area contributed by atoms with Crippen LogP contribution in [0.25, 0.3) is 33.1 Å². The molecular weight excluding hydrogens is 326 g/mol. The van der Waals surface area contributed by atoms with E-state index in [0.29, 0.717) is 0 Å². The van der Waals surface area contributed by atoms with E-state index in [-0.39, 0.29) is 0 Å². The van der Waals surface area contributed by atoms with Gasteiger partial charge in [0.25, 0.3) is 0 Å². The molecular formula is C19H19N7. The molecule has 1 fully saturated rings. The summed E-state index contributed by atoms with van der Waals surface area (Å²) in [6, 6.07) is 8.23. The first-order chi connectivity index (χ1) is 12.8. The zero-order valence-corrected chi connectivity index (χ0v) is 14.6. The average molecular weight is 345 g/mol. The number of hydrogen-bond donors (Lipinski definition) is 1. The van der Waals surface area contributed by atoms with Crippen molar-refractivity contribution in [1.82, 2.24) is 30.0 Å². The van der Waals surface area contributed by atoms with Gasteiger partial charge in [-0.25, -0.2) is 9.97 Å². The smallest absolute Gasteiger partial charge is 0.157 e. The molecule has 0 bridgehead atoms. The van der Waals surface area contributed by atoms with Gasteiger partial charge in [0.1, 0.15) is 12.1 Å². The summed E-state index contributed by atoms with van der Waals surface area (Å²) in [5.74, 6) is 1.76. The number of piperazine rings is 1. The monoisotopic (exact) mass is 345 g/mol. The highest BCUT2D eigenvalue weighted by Gasteiger charge is 2.20. The minimum absolute atomic E-state index is 0.732. The molecule has 1 aromatic carbocycles. The summed E-state index contributed by atoms with van der Waals surface area (Å²) >= 11 is 0. The van der Waals surface area contributed by atoms with Gasteiger partial charge in [-0.15, -0.1) is 0 Å². The SMILES string of the molecule is CN1CCN(c2nc3c(-c4ncn[nH]4)cccc3c3cnccc23)CC1. The summed E-state index contributed by atoms with van der Waals surface area (Å²) in [7, 11) is 2.16. The zero-order valence-electron chi connectivity index (χ0n) is 14.6. The predicted octanol–water partition coefficient (Wildman–Crippen LogP) is 2.32. The molecule has 5 rings (SSSR count). The summed E-state index contributed by atoms with van der Waals surface area (Å²) in [5.41, 5.74) is 1.89. The van der Waals surface area contributed by atoms with Crippen molar-refractivity contribution in [3.63, 3.8) is 0 Å². The van der Waals surface area contributed by atoms with Crippen molar-refractivity contribution in [3.8, 4) is 11.4 Å². The molecule has 26 heavy (non-hydrogen) atoms. The van der Waals surface area contributed by atoms with E-state index in [0.717, 1.165) is 65.1 Å². The number of nitrogens with one attached hydrogen (secondary N) is 1. The van der Waals surface area contributed by atoms with Gasteiger partial charge in [0.15, 0.2) is 5.82 Å². The fraction of sp³-hybridized carbons (Fsp3) is 0.263. The van der Waals surface area contributed by atoms with Crippen LogP contribution in [-0.4, -0.2) is 63.3 Å². The third-order valence-electron chi connectivity index (χ3n) is 5.08. The molecule has 4 aromatic rings. The van der Waals surface area contributed by atoms with Crippen LogP contribution < -0.4 is 4.90 Å².